The highest BCUT2D eigenvalue weighted by Gasteiger charge is 2.21. The first-order chi connectivity index (χ1) is 12.6. The zero-order chi connectivity index (χ0) is 18.4. The minimum Gasteiger partial charge on any atom is -0.360 e. The fraction of sp³-hybridized carbons (Fsp3) is 0.500. The summed E-state index contributed by atoms with van der Waals surface area (Å²) >= 11 is 2.97. The summed E-state index contributed by atoms with van der Waals surface area (Å²) in [6.07, 6.45) is 0. The molecule has 0 radical (unpaired) electrons. The predicted molar refractivity (Wildman–Crippen MR) is 108 cm³/mol. The molecule has 1 aliphatic rings. The van der Waals surface area contributed by atoms with Gasteiger partial charge in [-0.2, -0.15) is 0 Å². The summed E-state index contributed by atoms with van der Waals surface area (Å²) in [5.41, 5.74) is 2.63. The van der Waals surface area contributed by atoms with E-state index >= 15 is 0 Å². The van der Waals surface area contributed by atoms with E-state index in [4.69, 9.17) is 0 Å². The highest BCUT2D eigenvalue weighted by Crippen LogP contribution is 2.25. The van der Waals surface area contributed by atoms with Crippen molar-refractivity contribution in [1.82, 2.24) is 20.0 Å². The van der Waals surface area contributed by atoms with Crippen LogP contribution in [0.2, 0.25) is 0 Å². The van der Waals surface area contributed by atoms with Gasteiger partial charge >= 0.3 is 0 Å². The van der Waals surface area contributed by atoms with Crippen LogP contribution in [0.1, 0.15) is 18.1 Å². The molecule has 0 saturated carbocycles. The number of amides is 1. The molecule has 8 heteroatoms. The Hall–Kier alpha value is -1.64. The van der Waals surface area contributed by atoms with Crippen molar-refractivity contribution in [2.45, 2.75) is 24.7 Å². The Morgan fingerprint density at radius 2 is 2.08 bits per heavy atom. The smallest absolute Gasteiger partial charge is 0.233 e. The quantitative estimate of drug-likeness (QED) is 0.733. The van der Waals surface area contributed by atoms with Gasteiger partial charge in [0.1, 0.15) is 0 Å². The molecule has 26 heavy (non-hydrogen) atoms. The van der Waals surface area contributed by atoms with Gasteiger partial charge in [0.05, 0.1) is 5.75 Å². The third-order valence-electron chi connectivity index (χ3n) is 4.27. The lowest BCUT2D eigenvalue weighted by atomic mass is 10.1. The highest BCUT2D eigenvalue weighted by molar-refractivity contribution is 8.01. The number of piperazine rings is 1. The van der Waals surface area contributed by atoms with Crippen LogP contribution >= 0.6 is 23.1 Å². The molecule has 0 unspecified atom stereocenters. The SMILES string of the molecule is CCNc1nnc(SCC(=O)N2CCN(Cc3cccc(C)c3)CC2)s1. The van der Waals surface area contributed by atoms with Crippen molar-refractivity contribution in [3.8, 4) is 0 Å². The molecule has 0 spiro atoms. The van der Waals surface area contributed by atoms with E-state index in [2.05, 4.69) is 51.6 Å². The normalized spacial score (nSPS) is 15.2. The van der Waals surface area contributed by atoms with E-state index < -0.39 is 0 Å². The van der Waals surface area contributed by atoms with Crippen molar-refractivity contribution in [1.29, 1.82) is 0 Å². The number of thioether (sulfide) groups is 1. The average Bonchev–Trinajstić information content (AvgIpc) is 3.08. The Labute approximate surface area is 163 Å². The number of carbonyl (C=O) groups excluding carboxylic acids is 1. The van der Waals surface area contributed by atoms with Gasteiger partial charge in [0.15, 0.2) is 4.34 Å². The summed E-state index contributed by atoms with van der Waals surface area (Å²) < 4.78 is 0.840. The maximum Gasteiger partial charge on any atom is 0.233 e. The zero-order valence-electron chi connectivity index (χ0n) is 15.3. The Bertz CT molecular complexity index is 728. The number of carbonyl (C=O) groups is 1. The lowest BCUT2D eigenvalue weighted by molar-refractivity contribution is -0.130. The summed E-state index contributed by atoms with van der Waals surface area (Å²) in [7, 11) is 0. The second-order valence-corrected chi connectivity index (χ2v) is 8.54. The Balaban J connectivity index is 1.41. The van der Waals surface area contributed by atoms with E-state index in [0.29, 0.717) is 5.75 Å². The van der Waals surface area contributed by atoms with Gasteiger partial charge in [-0.15, -0.1) is 10.2 Å². The van der Waals surface area contributed by atoms with Gasteiger partial charge in [0.25, 0.3) is 0 Å². The van der Waals surface area contributed by atoms with Crippen LogP contribution in [-0.2, 0) is 11.3 Å². The maximum absolute atomic E-state index is 12.4. The second-order valence-electron chi connectivity index (χ2n) is 6.34. The molecule has 1 aromatic heterocycles. The fourth-order valence-corrected chi connectivity index (χ4v) is 4.65. The van der Waals surface area contributed by atoms with Gasteiger partial charge in [0, 0.05) is 39.3 Å². The highest BCUT2D eigenvalue weighted by atomic mass is 32.2. The molecule has 2 heterocycles. The number of nitrogens with zero attached hydrogens (tertiary/aromatic N) is 4. The van der Waals surface area contributed by atoms with Crippen molar-refractivity contribution in [2.75, 3.05) is 43.8 Å². The number of hydrogen-bond acceptors (Lipinski definition) is 7. The molecule has 1 N–H and O–H groups in total. The molecule has 1 aliphatic heterocycles. The number of aromatic nitrogens is 2. The van der Waals surface area contributed by atoms with Crippen LogP contribution in [0.25, 0.3) is 0 Å². The van der Waals surface area contributed by atoms with Crippen molar-refractivity contribution >= 4 is 34.1 Å². The number of hydrogen-bond donors (Lipinski definition) is 1. The molecule has 1 aromatic carbocycles. The predicted octanol–water partition coefficient (Wildman–Crippen LogP) is 2.71. The van der Waals surface area contributed by atoms with E-state index in [9.17, 15) is 4.79 Å². The lowest BCUT2D eigenvalue weighted by Gasteiger charge is -2.34. The lowest BCUT2D eigenvalue weighted by Crippen LogP contribution is -2.48. The second kappa shape index (κ2) is 9.34. The summed E-state index contributed by atoms with van der Waals surface area (Å²) in [4.78, 5) is 16.8. The number of aryl methyl sites for hydroxylation is 1. The van der Waals surface area contributed by atoms with E-state index in [0.717, 1.165) is 48.7 Å². The van der Waals surface area contributed by atoms with Crippen LogP contribution in [0.5, 0.6) is 0 Å². The van der Waals surface area contributed by atoms with Crippen LogP contribution in [0.15, 0.2) is 28.6 Å². The first-order valence-corrected chi connectivity index (χ1v) is 10.7. The molecular weight excluding hydrogens is 366 g/mol. The first-order valence-electron chi connectivity index (χ1n) is 8.90. The van der Waals surface area contributed by atoms with Crippen LogP contribution in [-0.4, -0.2) is 64.4 Å². The Morgan fingerprint density at radius 1 is 1.27 bits per heavy atom. The van der Waals surface area contributed by atoms with Crippen LogP contribution in [0.4, 0.5) is 5.13 Å². The summed E-state index contributed by atoms with van der Waals surface area (Å²) in [5.74, 6) is 0.615. The molecular formula is C18H25N5OS2. The molecule has 6 nitrogen and oxygen atoms in total. The molecule has 0 aliphatic carbocycles. The van der Waals surface area contributed by atoms with E-state index in [1.165, 1.54) is 34.2 Å². The van der Waals surface area contributed by atoms with Gasteiger partial charge in [-0.3, -0.25) is 9.69 Å². The van der Waals surface area contributed by atoms with Gasteiger partial charge < -0.3 is 10.2 Å². The van der Waals surface area contributed by atoms with Crippen molar-refractivity contribution in [2.24, 2.45) is 0 Å². The number of anilines is 1. The molecule has 3 rings (SSSR count). The van der Waals surface area contributed by atoms with Crippen molar-refractivity contribution in [3.05, 3.63) is 35.4 Å². The van der Waals surface area contributed by atoms with E-state index in [-0.39, 0.29) is 5.91 Å². The van der Waals surface area contributed by atoms with Crippen molar-refractivity contribution < 1.29 is 4.79 Å². The number of rotatable bonds is 7. The summed E-state index contributed by atoms with van der Waals surface area (Å²) in [6, 6.07) is 8.64. The van der Waals surface area contributed by atoms with E-state index in [1.807, 2.05) is 11.8 Å². The molecule has 0 atom stereocenters. The molecule has 2 aromatic rings. The fourth-order valence-electron chi connectivity index (χ4n) is 2.93. The minimum absolute atomic E-state index is 0.186. The average molecular weight is 392 g/mol. The van der Waals surface area contributed by atoms with Gasteiger partial charge in [-0.25, -0.2) is 0 Å². The van der Waals surface area contributed by atoms with Crippen LogP contribution in [0.3, 0.4) is 0 Å². The molecule has 1 amide bonds. The molecule has 0 bridgehead atoms. The molecule has 1 saturated heterocycles. The number of benzene rings is 1. The monoisotopic (exact) mass is 391 g/mol. The number of nitrogens with one attached hydrogen (secondary N) is 1. The Morgan fingerprint density at radius 3 is 2.81 bits per heavy atom. The molecule has 140 valence electrons. The third kappa shape index (κ3) is 5.43. The van der Waals surface area contributed by atoms with E-state index in [1.54, 1.807) is 0 Å². The van der Waals surface area contributed by atoms with Crippen molar-refractivity contribution in [3.63, 3.8) is 0 Å². The maximum atomic E-state index is 12.4. The summed E-state index contributed by atoms with van der Waals surface area (Å²) in [6.45, 7) is 9.37. The Kier molecular flexibility index (Phi) is 6.87. The largest absolute Gasteiger partial charge is 0.360 e. The van der Waals surface area contributed by atoms with Gasteiger partial charge in [-0.05, 0) is 19.4 Å². The topological polar surface area (TPSA) is 61.4 Å². The van der Waals surface area contributed by atoms with Gasteiger partial charge in [-0.1, -0.05) is 52.9 Å². The van der Waals surface area contributed by atoms with Crippen LogP contribution in [0, 0.1) is 6.92 Å². The summed E-state index contributed by atoms with van der Waals surface area (Å²) in [5, 5.41) is 12.1. The molecule has 1 fully saturated rings. The first kappa shape index (κ1) is 19.1. The zero-order valence-corrected chi connectivity index (χ0v) is 16.9. The third-order valence-corrected chi connectivity index (χ3v) is 6.27. The van der Waals surface area contributed by atoms with Gasteiger partial charge in [0.2, 0.25) is 11.0 Å². The standard InChI is InChI=1S/C18H25N5OS2/c1-3-19-17-20-21-18(26-17)25-13-16(24)23-9-7-22(8-10-23)12-15-6-4-5-14(2)11-15/h4-6,11H,3,7-10,12-13H2,1-2H3,(H,19,20). The minimum atomic E-state index is 0.186. The van der Waals surface area contributed by atoms with Crippen LogP contribution < -0.4 is 5.32 Å².